The molecule has 0 aromatic rings. The van der Waals surface area contributed by atoms with Crippen molar-refractivity contribution in [2.24, 2.45) is 11.8 Å². The van der Waals surface area contributed by atoms with E-state index in [0.717, 1.165) is 32.1 Å². The summed E-state index contributed by atoms with van der Waals surface area (Å²) in [5.74, 6) is -1.69. The zero-order chi connectivity index (χ0) is 23.3. The molecule has 3 saturated heterocycles. The van der Waals surface area contributed by atoms with Crippen LogP contribution in [0.15, 0.2) is 25.3 Å². The fourth-order valence-electron chi connectivity index (χ4n) is 5.59. The van der Waals surface area contributed by atoms with Crippen molar-refractivity contribution in [1.82, 2.24) is 9.80 Å². The van der Waals surface area contributed by atoms with E-state index in [9.17, 15) is 19.5 Å². The first-order valence-electron chi connectivity index (χ1n) is 11.7. The van der Waals surface area contributed by atoms with Crippen LogP contribution in [0, 0.1) is 11.8 Å². The molecule has 3 heterocycles. The normalized spacial score (nSPS) is 30.3. The molecule has 2 bridgehead atoms. The Kier molecular flexibility index (Phi) is 8.44. The second-order valence-electron chi connectivity index (χ2n) is 8.86. The van der Waals surface area contributed by atoms with Crippen LogP contribution in [0.5, 0.6) is 0 Å². The van der Waals surface area contributed by atoms with Crippen LogP contribution in [0.2, 0.25) is 0 Å². The molecule has 0 saturated carbocycles. The Hall–Kier alpha value is -1.80. The van der Waals surface area contributed by atoms with Crippen LogP contribution in [-0.4, -0.2) is 81.6 Å². The molecule has 0 aromatic heterocycles. The summed E-state index contributed by atoms with van der Waals surface area (Å²) in [6.07, 6.45) is 8.14. The highest BCUT2D eigenvalue weighted by atomic mass is 32.2. The third-order valence-corrected chi connectivity index (χ3v) is 8.85. The lowest BCUT2D eigenvalue weighted by Crippen LogP contribution is -2.55. The number of aliphatic hydroxyl groups is 1. The van der Waals surface area contributed by atoms with Crippen LogP contribution >= 0.6 is 11.8 Å². The Bertz CT molecular complexity index is 744. The van der Waals surface area contributed by atoms with E-state index in [2.05, 4.69) is 20.1 Å². The molecule has 7 nitrogen and oxygen atoms in total. The lowest BCUT2D eigenvalue weighted by molar-refractivity contribution is -0.153. The van der Waals surface area contributed by atoms with Crippen molar-refractivity contribution in [2.45, 2.75) is 61.5 Å². The summed E-state index contributed by atoms with van der Waals surface area (Å²) in [4.78, 5) is 43.9. The molecule has 3 aliphatic heterocycles. The molecule has 1 spiro atoms. The Morgan fingerprint density at radius 1 is 1.31 bits per heavy atom. The molecule has 0 aromatic carbocycles. The van der Waals surface area contributed by atoms with E-state index in [-0.39, 0.29) is 36.2 Å². The summed E-state index contributed by atoms with van der Waals surface area (Å²) in [6.45, 7) is 10.9. The maximum absolute atomic E-state index is 13.9. The van der Waals surface area contributed by atoms with E-state index >= 15 is 0 Å². The van der Waals surface area contributed by atoms with Gasteiger partial charge in [-0.05, 0) is 25.7 Å². The van der Waals surface area contributed by atoms with E-state index in [0.29, 0.717) is 26.1 Å². The van der Waals surface area contributed by atoms with Crippen LogP contribution in [0.1, 0.15) is 45.4 Å². The molecule has 5 atom stereocenters. The number of unbranched alkanes of at least 4 members (excludes halogenated alkanes) is 2. The van der Waals surface area contributed by atoms with E-state index in [1.54, 1.807) is 27.6 Å². The predicted molar refractivity (Wildman–Crippen MR) is 125 cm³/mol. The zero-order valence-electron chi connectivity index (χ0n) is 19.0. The Morgan fingerprint density at radius 2 is 2.09 bits per heavy atom. The topological polar surface area (TPSA) is 87.1 Å². The molecular formula is C24H36N2O5S. The lowest BCUT2D eigenvalue weighted by atomic mass is 9.71. The first-order valence-corrected chi connectivity index (χ1v) is 12.6. The number of amides is 2. The summed E-state index contributed by atoms with van der Waals surface area (Å²) >= 11 is 1.64. The highest BCUT2D eigenvalue weighted by molar-refractivity contribution is 8.02. The fraction of sp³-hybridized carbons (Fsp3) is 0.708. The maximum atomic E-state index is 13.9. The molecule has 3 aliphatic rings. The smallest absolute Gasteiger partial charge is 0.311 e. The molecule has 2 amide bonds. The van der Waals surface area contributed by atoms with Crippen molar-refractivity contribution in [1.29, 1.82) is 0 Å². The highest BCUT2D eigenvalue weighted by Gasteiger charge is 2.74. The monoisotopic (exact) mass is 464 g/mol. The molecule has 3 fully saturated rings. The van der Waals surface area contributed by atoms with E-state index in [1.165, 1.54) is 6.08 Å². The maximum Gasteiger partial charge on any atom is 0.311 e. The number of carbonyl (C=O) groups excluding carboxylic acids is 3. The van der Waals surface area contributed by atoms with Crippen LogP contribution in [0.4, 0.5) is 0 Å². The van der Waals surface area contributed by atoms with Crippen molar-refractivity contribution in [2.75, 3.05) is 32.8 Å². The number of aliphatic hydroxyl groups excluding tert-OH is 1. The molecule has 1 N–H and O–H groups in total. The number of fused-ring (bicyclic) bond motifs is 1. The first kappa shape index (κ1) is 24.8. The highest BCUT2D eigenvalue weighted by Crippen LogP contribution is 2.66. The van der Waals surface area contributed by atoms with Gasteiger partial charge in [0.1, 0.15) is 12.6 Å². The van der Waals surface area contributed by atoms with Crippen molar-refractivity contribution in [3.05, 3.63) is 25.3 Å². The molecular weight excluding hydrogens is 428 g/mol. The number of hydrogen-bond acceptors (Lipinski definition) is 6. The second kappa shape index (κ2) is 10.9. The van der Waals surface area contributed by atoms with Gasteiger partial charge in [-0.2, -0.15) is 0 Å². The van der Waals surface area contributed by atoms with Gasteiger partial charge in [0.15, 0.2) is 0 Å². The number of hydrogen-bond donors (Lipinski definition) is 1. The summed E-state index contributed by atoms with van der Waals surface area (Å²) in [5.41, 5.74) is 0. The van der Waals surface area contributed by atoms with Crippen molar-refractivity contribution >= 4 is 29.5 Å². The predicted octanol–water partition coefficient (Wildman–Crippen LogP) is 2.39. The van der Waals surface area contributed by atoms with Gasteiger partial charge in [-0.25, -0.2) is 0 Å². The van der Waals surface area contributed by atoms with E-state index in [1.807, 2.05) is 0 Å². The lowest BCUT2D eigenvalue weighted by Gasteiger charge is -2.37. The minimum Gasteiger partial charge on any atom is -0.461 e. The number of rotatable bonds is 13. The third-order valence-electron chi connectivity index (χ3n) is 6.90. The standard InChI is InChI=1S/C24H36N2O5S/c1-4-7-8-13-25(12-5-2)22(29)20-24-11-10-17(32-24)18(23(30)31-16-6-3)19(24)21(28)26(20)14-9-15-27/h5-6,17-20,27H,2-4,7-16H2,1H3/t17-,18+,19+,20?,24?/m1/s1. The van der Waals surface area contributed by atoms with Gasteiger partial charge in [0.05, 0.1) is 16.6 Å². The van der Waals surface area contributed by atoms with Crippen molar-refractivity contribution in [3.8, 4) is 0 Å². The molecule has 0 aliphatic carbocycles. The molecule has 0 radical (unpaired) electrons. The van der Waals surface area contributed by atoms with Crippen LogP contribution in [0.25, 0.3) is 0 Å². The minimum atomic E-state index is -0.625. The Morgan fingerprint density at radius 3 is 2.75 bits per heavy atom. The molecule has 178 valence electrons. The summed E-state index contributed by atoms with van der Waals surface area (Å²) in [6, 6.07) is -0.625. The van der Waals surface area contributed by atoms with Gasteiger partial charge in [0.25, 0.3) is 0 Å². The SMILES string of the molecule is C=CCOC(=O)[C@@H]1[C@H]2C(=O)N(CCCO)C(C(=O)N(CC=C)CCCCC)C23CC[C@H]1S3. The number of ether oxygens (including phenoxy) is 1. The largest absolute Gasteiger partial charge is 0.461 e. The minimum absolute atomic E-state index is 0.00972. The van der Waals surface area contributed by atoms with Gasteiger partial charge in [0, 0.05) is 31.5 Å². The quantitative estimate of drug-likeness (QED) is 0.256. The molecule has 3 rings (SSSR count). The average Bonchev–Trinajstić information content (AvgIpc) is 3.42. The number of carbonyl (C=O) groups is 3. The van der Waals surface area contributed by atoms with Gasteiger partial charge in [-0.3, -0.25) is 14.4 Å². The van der Waals surface area contributed by atoms with Gasteiger partial charge in [0.2, 0.25) is 11.8 Å². The first-order chi connectivity index (χ1) is 15.5. The number of nitrogens with zero attached hydrogens (tertiary/aromatic N) is 2. The number of likely N-dealkylation sites (tertiary alicyclic amines) is 1. The average molecular weight is 465 g/mol. The summed E-state index contributed by atoms with van der Waals surface area (Å²) < 4.78 is 4.74. The van der Waals surface area contributed by atoms with E-state index in [4.69, 9.17) is 4.74 Å². The second-order valence-corrected chi connectivity index (χ2v) is 10.5. The number of esters is 1. The van der Waals surface area contributed by atoms with Gasteiger partial charge < -0.3 is 19.6 Å². The molecule has 2 unspecified atom stereocenters. The van der Waals surface area contributed by atoms with Crippen molar-refractivity contribution in [3.63, 3.8) is 0 Å². The van der Waals surface area contributed by atoms with Gasteiger partial charge >= 0.3 is 5.97 Å². The van der Waals surface area contributed by atoms with Crippen LogP contribution in [-0.2, 0) is 19.1 Å². The Balaban J connectivity index is 1.93. The Labute approximate surface area is 195 Å². The van der Waals surface area contributed by atoms with Crippen LogP contribution < -0.4 is 0 Å². The fourth-order valence-corrected chi connectivity index (χ4v) is 7.79. The van der Waals surface area contributed by atoms with Gasteiger partial charge in [-0.1, -0.05) is 38.5 Å². The molecule has 32 heavy (non-hydrogen) atoms. The third kappa shape index (κ3) is 4.36. The van der Waals surface area contributed by atoms with Crippen LogP contribution in [0.3, 0.4) is 0 Å². The summed E-state index contributed by atoms with van der Waals surface area (Å²) in [5, 5.41) is 9.40. The molecule has 8 heteroatoms. The zero-order valence-corrected chi connectivity index (χ0v) is 19.9. The van der Waals surface area contributed by atoms with Crippen molar-refractivity contribution < 1.29 is 24.2 Å². The number of thioether (sulfide) groups is 1. The van der Waals surface area contributed by atoms with Gasteiger partial charge in [-0.15, -0.1) is 18.3 Å². The summed E-state index contributed by atoms with van der Waals surface area (Å²) in [7, 11) is 0. The van der Waals surface area contributed by atoms with E-state index < -0.39 is 22.6 Å².